The van der Waals surface area contributed by atoms with Gasteiger partial charge in [0.1, 0.15) is 5.75 Å². The molecule has 0 bridgehead atoms. The summed E-state index contributed by atoms with van der Waals surface area (Å²) in [5.74, 6) is 1.31. The third-order valence-corrected chi connectivity index (χ3v) is 2.01. The summed E-state index contributed by atoms with van der Waals surface area (Å²) in [7, 11) is 1.65. The Kier molecular flexibility index (Phi) is 2.99. The van der Waals surface area contributed by atoms with Gasteiger partial charge in [-0.05, 0) is 29.7 Å². The molecule has 1 aromatic rings. The normalized spacial score (nSPS) is 10.4. The van der Waals surface area contributed by atoms with Crippen molar-refractivity contribution < 1.29 is 4.74 Å². The van der Waals surface area contributed by atoms with Crippen molar-refractivity contribution in [3.63, 3.8) is 0 Å². The molecule has 0 N–H and O–H groups in total. The molecule has 1 rings (SSSR count). The maximum absolute atomic E-state index is 5.89. The lowest BCUT2D eigenvalue weighted by Gasteiger charge is -2.08. The van der Waals surface area contributed by atoms with Gasteiger partial charge in [0.2, 0.25) is 0 Å². The molecule has 66 valence electrons. The molecule has 0 unspecified atom stereocenters. The summed E-state index contributed by atoms with van der Waals surface area (Å²) in [6, 6.07) is 5.79. The van der Waals surface area contributed by atoms with E-state index >= 15 is 0 Å². The van der Waals surface area contributed by atoms with Crippen LogP contribution in [0.2, 0.25) is 5.02 Å². The molecule has 0 heterocycles. The topological polar surface area (TPSA) is 9.23 Å². The highest BCUT2D eigenvalue weighted by molar-refractivity contribution is 6.30. The fraction of sp³-hybridized carbons (Fsp3) is 0.400. The Labute approximate surface area is 78.3 Å². The third-order valence-electron chi connectivity index (χ3n) is 1.80. The summed E-state index contributed by atoms with van der Waals surface area (Å²) in [4.78, 5) is 0. The quantitative estimate of drug-likeness (QED) is 0.684. The van der Waals surface area contributed by atoms with Crippen LogP contribution in [-0.2, 0) is 0 Å². The van der Waals surface area contributed by atoms with Crippen LogP contribution in [0.4, 0.5) is 0 Å². The highest BCUT2D eigenvalue weighted by atomic mass is 35.5. The van der Waals surface area contributed by atoms with E-state index in [1.165, 1.54) is 5.56 Å². The van der Waals surface area contributed by atoms with E-state index in [2.05, 4.69) is 13.8 Å². The van der Waals surface area contributed by atoms with Crippen LogP contribution < -0.4 is 4.74 Å². The lowest BCUT2D eigenvalue weighted by Crippen LogP contribution is -1.89. The Morgan fingerprint density at radius 2 is 1.92 bits per heavy atom. The maximum Gasteiger partial charge on any atom is 0.120 e. The van der Waals surface area contributed by atoms with E-state index in [0.29, 0.717) is 5.92 Å². The molecule has 0 spiro atoms. The van der Waals surface area contributed by atoms with Crippen molar-refractivity contribution in [2.75, 3.05) is 7.11 Å². The van der Waals surface area contributed by atoms with Crippen molar-refractivity contribution in [3.05, 3.63) is 28.8 Å². The summed E-state index contributed by atoms with van der Waals surface area (Å²) in [6.45, 7) is 4.26. The predicted molar refractivity (Wildman–Crippen MR) is 52.1 cm³/mol. The molecule has 0 atom stereocenters. The minimum Gasteiger partial charge on any atom is -0.497 e. The molecule has 2 heteroatoms. The van der Waals surface area contributed by atoms with Crippen LogP contribution in [0.1, 0.15) is 25.3 Å². The Morgan fingerprint density at radius 1 is 1.25 bits per heavy atom. The van der Waals surface area contributed by atoms with E-state index in [0.717, 1.165) is 10.8 Å². The third kappa shape index (κ3) is 2.15. The number of halogens is 1. The van der Waals surface area contributed by atoms with Crippen molar-refractivity contribution >= 4 is 11.6 Å². The second kappa shape index (κ2) is 3.81. The van der Waals surface area contributed by atoms with Gasteiger partial charge < -0.3 is 4.74 Å². The highest BCUT2D eigenvalue weighted by Crippen LogP contribution is 2.25. The zero-order chi connectivity index (χ0) is 9.14. The van der Waals surface area contributed by atoms with E-state index < -0.39 is 0 Å². The molecule has 0 saturated heterocycles. The van der Waals surface area contributed by atoms with Gasteiger partial charge in [-0.2, -0.15) is 0 Å². The van der Waals surface area contributed by atoms with Crippen LogP contribution in [0.3, 0.4) is 0 Å². The molecule has 12 heavy (non-hydrogen) atoms. The van der Waals surface area contributed by atoms with Gasteiger partial charge in [-0.25, -0.2) is 0 Å². The first-order valence-electron chi connectivity index (χ1n) is 3.98. The number of hydrogen-bond acceptors (Lipinski definition) is 1. The van der Waals surface area contributed by atoms with E-state index in [-0.39, 0.29) is 0 Å². The van der Waals surface area contributed by atoms with Gasteiger partial charge in [-0.1, -0.05) is 25.4 Å². The van der Waals surface area contributed by atoms with Gasteiger partial charge >= 0.3 is 0 Å². The molecule has 0 radical (unpaired) electrons. The Balaban J connectivity index is 3.06. The lowest BCUT2D eigenvalue weighted by atomic mass is 10.0. The van der Waals surface area contributed by atoms with Gasteiger partial charge in [-0.15, -0.1) is 0 Å². The summed E-state index contributed by atoms with van der Waals surface area (Å²) in [5.41, 5.74) is 1.21. The maximum atomic E-state index is 5.89. The number of methoxy groups -OCH3 is 1. The van der Waals surface area contributed by atoms with Crippen LogP contribution >= 0.6 is 11.6 Å². The first-order chi connectivity index (χ1) is 5.63. The molecule has 0 aromatic heterocycles. The van der Waals surface area contributed by atoms with Crippen molar-refractivity contribution in [2.45, 2.75) is 19.8 Å². The fourth-order valence-corrected chi connectivity index (χ4v) is 1.27. The van der Waals surface area contributed by atoms with Gasteiger partial charge in [0, 0.05) is 5.02 Å². The Morgan fingerprint density at radius 3 is 2.42 bits per heavy atom. The molecule has 0 aliphatic heterocycles. The average Bonchev–Trinajstić information content (AvgIpc) is 2.03. The van der Waals surface area contributed by atoms with Crippen LogP contribution in [0.15, 0.2) is 18.2 Å². The van der Waals surface area contributed by atoms with Crippen LogP contribution in [0, 0.1) is 0 Å². The molecule has 1 aromatic carbocycles. The molecule has 0 aliphatic rings. The first kappa shape index (κ1) is 9.40. The van der Waals surface area contributed by atoms with E-state index in [1.807, 2.05) is 18.2 Å². The van der Waals surface area contributed by atoms with Crippen LogP contribution in [0.25, 0.3) is 0 Å². The van der Waals surface area contributed by atoms with Crippen molar-refractivity contribution in [2.24, 2.45) is 0 Å². The van der Waals surface area contributed by atoms with Crippen LogP contribution in [0.5, 0.6) is 5.75 Å². The smallest absolute Gasteiger partial charge is 0.120 e. The zero-order valence-electron chi connectivity index (χ0n) is 7.60. The molecular formula is C10H13ClO. The molecule has 1 nitrogen and oxygen atoms in total. The Bertz CT molecular complexity index is 269. The predicted octanol–water partition coefficient (Wildman–Crippen LogP) is 3.47. The van der Waals surface area contributed by atoms with Gasteiger partial charge in [0.25, 0.3) is 0 Å². The molecule has 0 aliphatic carbocycles. The number of rotatable bonds is 2. The zero-order valence-corrected chi connectivity index (χ0v) is 8.35. The minimum absolute atomic E-state index is 0.484. The number of hydrogen-bond donors (Lipinski definition) is 0. The monoisotopic (exact) mass is 184 g/mol. The number of benzene rings is 1. The first-order valence-corrected chi connectivity index (χ1v) is 4.35. The summed E-state index contributed by atoms with van der Waals surface area (Å²) in [6.07, 6.45) is 0. The summed E-state index contributed by atoms with van der Waals surface area (Å²) >= 11 is 5.89. The van der Waals surface area contributed by atoms with E-state index in [9.17, 15) is 0 Å². The van der Waals surface area contributed by atoms with Crippen molar-refractivity contribution in [1.82, 2.24) is 0 Å². The lowest BCUT2D eigenvalue weighted by molar-refractivity contribution is 0.414. The second-order valence-electron chi connectivity index (χ2n) is 3.08. The highest BCUT2D eigenvalue weighted by Gasteiger charge is 2.02. The summed E-state index contributed by atoms with van der Waals surface area (Å²) in [5, 5.41) is 0.734. The van der Waals surface area contributed by atoms with E-state index in [4.69, 9.17) is 16.3 Å². The number of ether oxygens (including phenoxy) is 1. The van der Waals surface area contributed by atoms with E-state index in [1.54, 1.807) is 7.11 Å². The molecule has 0 saturated carbocycles. The summed E-state index contributed by atoms with van der Waals surface area (Å²) < 4.78 is 5.10. The fourth-order valence-electron chi connectivity index (χ4n) is 1.04. The van der Waals surface area contributed by atoms with Gasteiger partial charge in [0.05, 0.1) is 7.11 Å². The molecular weight excluding hydrogens is 172 g/mol. The molecule has 0 amide bonds. The van der Waals surface area contributed by atoms with Crippen LogP contribution in [-0.4, -0.2) is 7.11 Å². The standard InChI is InChI=1S/C10H13ClO/c1-7(2)8-4-9(11)6-10(5-8)12-3/h4-7H,1-3H3. The minimum atomic E-state index is 0.484. The largest absolute Gasteiger partial charge is 0.497 e. The van der Waals surface area contributed by atoms with Crippen molar-refractivity contribution in [3.8, 4) is 5.75 Å². The van der Waals surface area contributed by atoms with Gasteiger partial charge in [0.15, 0.2) is 0 Å². The SMILES string of the molecule is COc1cc(Cl)cc(C(C)C)c1. The molecule has 0 fully saturated rings. The Hall–Kier alpha value is -0.690. The van der Waals surface area contributed by atoms with Gasteiger partial charge in [-0.3, -0.25) is 0 Å². The second-order valence-corrected chi connectivity index (χ2v) is 3.52. The van der Waals surface area contributed by atoms with Crippen molar-refractivity contribution in [1.29, 1.82) is 0 Å². The average molecular weight is 185 g/mol.